The molecule has 5 heteroatoms. The van der Waals surface area contributed by atoms with Crippen molar-refractivity contribution in [3.8, 4) is 0 Å². The largest absolute Gasteiger partial charge is 0.396 e. The van der Waals surface area contributed by atoms with Crippen molar-refractivity contribution in [2.75, 3.05) is 23.4 Å². The Kier molecular flexibility index (Phi) is 5.88. The molecule has 0 fully saturated rings. The molecule has 0 saturated heterocycles. The molecular formula is C11H14FNO2S. The minimum atomic E-state index is -0.432. The quantitative estimate of drug-likeness (QED) is 0.750. The van der Waals surface area contributed by atoms with Gasteiger partial charge in [0.25, 0.3) is 0 Å². The molecule has 0 aliphatic carbocycles. The number of rotatable bonds is 6. The fourth-order valence-electron chi connectivity index (χ4n) is 1.11. The zero-order valence-corrected chi connectivity index (χ0v) is 9.60. The smallest absolute Gasteiger partial charge is 0.225 e. The van der Waals surface area contributed by atoms with Crippen molar-refractivity contribution in [2.24, 2.45) is 0 Å². The van der Waals surface area contributed by atoms with Crippen LogP contribution >= 0.6 is 11.8 Å². The van der Waals surface area contributed by atoms with Gasteiger partial charge in [-0.3, -0.25) is 4.79 Å². The van der Waals surface area contributed by atoms with E-state index in [-0.39, 0.29) is 18.2 Å². The predicted molar refractivity (Wildman–Crippen MR) is 64.1 cm³/mol. The minimum Gasteiger partial charge on any atom is -0.396 e. The van der Waals surface area contributed by atoms with Crippen LogP contribution in [0.3, 0.4) is 0 Å². The van der Waals surface area contributed by atoms with Crippen LogP contribution < -0.4 is 5.32 Å². The summed E-state index contributed by atoms with van der Waals surface area (Å²) >= 11 is 1.49. The molecule has 0 aromatic heterocycles. The standard InChI is InChI=1S/C11H14FNO2S/c12-9-3-1-2-4-10(9)13-11(15)5-7-16-8-6-14/h1-4,14H,5-8H2,(H,13,15). The summed E-state index contributed by atoms with van der Waals surface area (Å²) in [5, 5.41) is 11.0. The molecule has 88 valence electrons. The van der Waals surface area contributed by atoms with Crippen LogP contribution in [-0.4, -0.2) is 29.1 Å². The average molecular weight is 243 g/mol. The van der Waals surface area contributed by atoms with Gasteiger partial charge in [-0.05, 0) is 12.1 Å². The Bertz CT molecular complexity index is 347. The van der Waals surface area contributed by atoms with Gasteiger partial charge in [0.05, 0.1) is 12.3 Å². The highest BCUT2D eigenvalue weighted by atomic mass is 32.2. The van der Waals surface area contributed by atoms with E-state index in [0.29, 0.717) is 17.9 Å². The Morgan fingerprint density at radius 1 is 1.38 bits per heavy atom. The van der Waals surface area contributed by atoms with Crippen LogP contribution in [0.5, 0.6) is 0 Å². The van der Waals surface area contributed by atoms with Gasteiger partial charge < -0.3 is 10.4 Å². The number of thioether (sulfide) groups is 1. The van der Waals surface area contributed by atoms with Gasteiger partial charge in [0.2, 0.25) is 5.91 Å². The molecule has 2 N–H and O–H groups in total. The fourth-order valence-corrected chi connectivity index (χ4v) is 1.77. The molecule has 0 aliphatic rings. The molecule has 3 nitrogen and oxygen atoms in total. The van der Waals surface area contributed by atoms with Crippen molar-refractivity contribution in [2.45, 2.75) is 6.42 Å². The lowest BCUT2D eigenvalue weighted by atomic mass is 10.3. The van der Waals surface area contributed by atoms with Crippen LogP contribution in [0.1, 0.15) is 6.42 Å². The first-order chi connectivity index (χ1) is 7.74. The van der Waals surface area contributed by atoms with E-state index >= 15 is 0 Å². The summed E-state index contributed by atoms with van der Waals surface area (Å²) in [5.74, 6) is 0.600. The maximum atomic E-state index is 13.1. The number of hydrogen-bond acceptors (Lipinski definition) is 3. The molecule has 0 spiro atoms. The number of amides is 1. The number of halogens is 1. The first-order valence-electron chi connectivity index (χ1n) is 4.97. The molecular weight excluding hydrogens is 229 g/mol. The molecule has 1 amide bonds. The van der Waals surface area contributed by atoms with Crippen molar-refractivity contribution in [1.29, 1.82) is 0 Å². The molecule has 0 saturated carbocycles. The van der Waals surface area contributed by atoms with E-state index in [9.17, 15) is 9.18 Å². The highest BCUT2D eigenvalue weighted by Crippen LogP contribution is 2.13. The van der Waals surface area contributed by atoms with E-state index in [2.05, 4.69) is 5.32 Å². The monoisotopic (exact) mass is 243 g/mol. The number of nitrogens with one attached hydrogen (secondary N) is 1. The van der Waals surface area contributed by atoms with E-state index < -0.39 is 5.82 Å². The topological polar surface area (TPSA) is 49.3 Å². The highest BCUT2D eigenvalue weighted by molar-refractivity contribution is 7.99. The Morgan fingerprint density at radius 2 is 2.12 bits per heavy atom. The van der Waals surface area contributed by atoms with E-state index in [1.807, 2.05) is 0 Å². The lowest BCUT2D eigenvalue weighted by Crippen LogP contribution is -2.13. The van der Waals surface area contributed by atoms with Crippen molar-refractivity contribution in [1.82, 2.24) is 0 Å². The van der Waals surface area contributed by atoms with Crippen LogP contribution in [0.15, 0.2) is 24.3 Å². The summed E-state index contributed by atoms with van der Waals surface area (Å²) in [7, 11) is 0. The van der Waals surface area contributed by atoms with Crippen molar-refractivity contribution in [3.63, 3.8) is 0 Å². The van der Waals surface area contributed by atoms with Crippen molar-refractivity contribution in [3.05, 3.63) is 30.1 Å². The maximum absolute atomic E-state index is 13.1. The summed E-state index contributed by atoms with van der Waals surface area (Å²) in [6, 6.07) is 6.06. The van der Waals surface area contributed by atoms with Gasteiger partial charge in [-0.2, -0.15) is 11.8 Å². The lowest BCUT2D eigenvalue weighted by Gasteiger charge is -2.05. The summed E-state index contributed by atoms with van der Waals surface area (Å²) in [6.45, 7) is 0.111. The van der Waals surface area contributed by atoms with Gasteiger partial charge >= 0.3 is 0 Å². The molecule has 1 rings (SSSR count). The highest BCUT2D eigenvalue weighted by Gasteiger charge is 2.05. The lowest BCUT2D eigenvalue weighted by molar-refractivity contribution is -0.115. The second kappa shape index (κ2) is 7.24. The van der Waals surface area contributed by atoms with Crippen LogP contribution in [0.25, 0.3) is 0 Å². The van der Waals surface area contributed by atoms with Gasteiger partial charge in [0.1, 0.15) is 5.82 Å². The van der Waals surface area contributed by atoms with Crippen LogP contribution in [0.2, 0.25) is 0 Å². The van der Waals surface area contributed by atoms with E-state index in [4.69, 9.17) is 5.11 Å². The number of aliphatic hydroxyl groups excluding tert-OH is 1. The third-order valence-corrected chi connectivity index (χ3v) is 2.82. The van der Waals surface area contributed by atoms with Gasteiger partial charge in [-0.15, -0.1) is 0 Å². The number of carbonyl (C=O) groups excluding carboxylic acids is 1. The number of benzene rings is 1. The van der Waals surface area contributed by atoms with Gasteiger partial charge in [-0.1, -0.05) is 12.1 Å². The van der Waals surface area contributed by atoms with Crippen LogP contribution in [0, 0.1) is 5.82 Å². The molecule has 1 aromatic carbocycles. The Balaban J connectivity index is 2.32. The number of para-hydroxylation sites is 1. The maximum Gasteiger partial charge on any atom is 0.225 e. The summed E-state index contributed by atoms with van der Waals surface area (Å²) < 4.78 is 13.1. The van der Waals surface area contributed by atoms with Crippen molar-refractivity contribution < 1.29 is 14.3 Å². The summed E-state index contributed by atoms with van der Waals surface area (Å²) in [5.41, 5.74) is 0.208. The Hall–Kier alpha value is -1.07. The number of aliphatic hydroxyl groups is 1. The van der Waals surface area contributed by atoms with E-state index in [0.717, 1.165) is 0 Å². The SMILES string of the molecule is O=C(CCSCCO)Nc1ccccc1F. The fraction of sp³-hybridized carbons (Fsp3) is 0.364. The minimum absolute atomic E-state index is 0.111. The van der Waals surface area contributed by atoms with Gasteiger partial charge in [0, 0.05) is 17.9 Å². The van der Waals surface area contributed by atoms with Gasteiger partial charge in [-0.25, -0.2) is 4.39 Å². The summed E-state index contributed by atoms with van der Waals surface area (Å²) in [6.07, 6.45) is 0.318. The first-order valence-corrected chi connectivity index (χ1v) is 6.12. The number of anilines is 1. The van der Waals surface area contributed by atoms with E-state index in [1.54, 1.807) is 12.1 Å². The predicted octanol–water partition coefficient (Wildman–Crippen LogP) is 1.88. The van der Waals surface area contributed by atoms with Gasteiger partial charge in [0.15, 0.2) is 0 Å². The average Bonchev–Trinajstić information content (AvgIpc) is 2.28. The zero-order chi connectivity index (χ0) is 11.8. The van der Waals surface area contributed by atoms with Crippen LogP contribution in [0.4, 0.5) is 10.1 Å². The number of hydrogen-bond donors (Lipinski definition) is 2. The molecule has 0 atom stereocenters. The van der Waals surface area contributed by atoms with E-state index in [1.165, 1.54) is 23.9 Å². The molecule has 0 bridgehead atoms. The first kappa shape index (κ1) is 13.0. The molecule has 16 heavy (non-hydrogen) atoms. The second-order valence-electron chi connectivity index (χ2n) is 3.11. The van der Waals surface area contributed by atoms with Crippen LogP contribution in [-0.2, 0) is 4.79 Å². The third-order valence-electron chi connectivity index (χ3n) is 1.86. The molecule has 0 radical (unpaired) electrons. The molecule has 0 unspecified atom stereocenters. The normalized spacial score (nSPS) is 10.1. The third kappa shape index (κ3) is 4.63. The zero-order valence-electron chi connectivity index (χ0n) is 8.78. The molecule has 0 aliphatic heterocycles. The Morgan fingerprint density at radius 3 is 2.81 bits per heavy atom. The van der Waals surface area contributed by atoms with Crippen molar-refractivity contribution >= 4 is 23.4 Å². The molecule has 0 heterocycles. The number of carbonyl (C=O) groups is 1. The Labute approximate surface area is 98.1 Å². The second-order valence-corrected chi connectivity index (χ2v) is 4.34. The summed E-state index contributed by atoms with van der Waals surface area (Å²) in [4.78, 5) is 11.4. The molecule has 1 aromatic rings.